The van der Waals surface area contributed by atoms with Gasteiger partial charge in [0.05, 0.1) is 10.4 Å². The van der Waals surface area contributed by atoms with Crippen LogP contribution in [0.1, 0.15) is 41.9 Å². The van der Waals surface area contributed by atoms with Crippen LogP contribution < -0.4 is 5.32 Å². The van der Waals surface area contributed by atoms with E-state index in [0.717, 1.165) is 38.1 Å². The van der Waals surface area contributed by atoms with Gasteiger partial charge in [0.15, 0.2) is 0 Å². The van der Waals surface area contributed by atoms with Crippen molar-refractivity contribution in [3.05, 3.63) is 34.7 Å². The molecule has 1 N–H and O–H groups in total. The monoisotopic (exact) mass is 382 g/mol. The molecule has 0 unspecified atom stereocenters. The van der Waals surface area contributed by atoms with Gasteiger partial charge < -0.3 is 5.32 Å². The molecule has 1 aromatic carbocycles. The molecule has 2 bridgehead atoms. The van der Waals surface area contributed by atoms with E-state index in [1.807, 2.05) is 0 Å². The van der Waals surface area contributed by atoms with Gasteiger partial charge in [-0.15, -0.1) is 11.3 Å². The molecular weight excluding hydrogens is 361 g/mol. The Morgan fingerprint density at radius 1 is 1.23 bits per heavy atom. The second-order valence-electron chi connectivity index (χ2n) is 7.79. The number of amides is 1. The van der Waals surface area contributed by atoms with Crippen LogP contribution in [0.25, 0.3) is 10.1 Å². The van der Waals surface area contributed by atoms with E-state index in [1.165, 1.54) is 17.4 Å². The fourth-order valence-electron chi connectivity index (χ4n) is 4.42. The van der Waals surface area contributed by atoms with E-state index >= 15 is 0 Å². The molecule has 3 saturated heterocycles. The van der Waals surface area contributed by atoms with E-state index in [2.05, 4.69) is 24.1 Å². The van der Waals surface area contributed by atoms with Crippen LogP contribution in [0.15, 0.2) is 24.3 Å². The van der Waals surface area contributed by atoms with Gasteiger partial charge in [-0.05, 0) is 75.3 Å². The van der Waals surface area contributed by atoms with Crippen molar-refractivity contribution in [2.45, 2.75) is 44.4 Å². The van der Waals surface area contributed by atoms with E-state index in [1.54, 1.807) is 6.07 Å². The summed E-state index contributed by atoms with van der Waals surface area (Å²) in [4.78, 5) is 15.7. The number of rotatable bonds is 2. The van der Waals surface area contributed by atoms with Crippen LogP contribution >= 0.6 is 11.3 Å². The van der Waals surface area contributed by atoms with E-state index in [9.17, 15) is 18.0 Å². The van der Waals surface area contributed by atoms with Crippen molar-refractivity contribution >= 4 is 27.3 Å². The largest absolute Gasteiger partial charge is 0.416 e. The van der Waals surface area contributed by atoms with E-state index in [0.29, 0.717) is 20.9 Å². The minimum Gasteiger partial charge on any atom is -0.346 e. The van der Waals surface area contributed by atoms with Gasteiger partial charge in [-0.2, -0.15) is 13.2 Å². The number of fused-ring (bicyclic) bond motifs is 4. The highest BCUT2D eigenvalue weighted by atomic mass is 32.1. The number of halogens is 3. The van der Waals surface area contributed by atoms with E-state index < -0.39 is 11.7 Å². The number of carbonyl (C=O) groups excluding carboxylic acids is 1. The van der Waals surface area contributed by atoms with Crippen molar-refractivity contribution in [2.24, 2.45) is 5.92 Å². The average Bonchev–Trinajstić information content (AvgIpc) is 3.01. The minimum atomic E-state index is -4.38. The van der Waals surface area contributed by atoms with Crippen molar-refractivity contribution in [3.8, 4) is 0 Å². The number of piperidine rings is 3. The molecule has 0 spiro atoms. The van der Waals surface area contributed by atoms with E-state index in [-0.39, 0.29) is 17.5 Å². The third-order valence-electron chi connectivity index (χ3n) is 5.94. The third-order valence-corrected chi connectivity index (χ3v) is 7.06. The number of hydrogen-bond donors (Lipinski definition) is 1. The zero-order chi connectivity index (χ0) is 18.7. The van der Waals surface area contributed by atoms with Crippen molar-refractivity contribution < 1.29 is 18.0 Å². The Morgan fingerprint density at radius 2 is 1.92 bits per heavy atom. The Hall–Kier alpha value is -1.60. The molecule has 3 aliphatic rings. The molecule has 140 valence electrons. The second kappa shape index (κ2) is 5.96. The summed E-state index contributed by atoms with van der Waals surface area (Å²) in [6.45, 7) is 6.44. The summed E-state index contributed by atoms with van der Waals surface area (Å²) >= 11 is 1.24. The second-order valence-corrected chi connectivity index (χ2v) is 8.87. The number of thiophene rings is 1. The highest BCUT2D eigenvalue weighted by Crippen LogP contribution is 2.39. The zero-order valence-corrected chi connectivity index (χ0v) is 15.5. The molecule has 1 aromatic heterocycles. The van der Waals surface area contributed by atoms with Crippen LogP contribution in [0.2, 0.25) is 0 Å². The quantitative estimate of drug-likeness (QED) is 0.828. The highest BCUT2D eigenvalue weighted by molar-refractivity contribution is 7.20. The lowest BCUT2D eigenvalue weighted by atomic mass is 9.72. The van der Waals surface area contributed by atoms with Gasteiger partial charge >= 0.3 is 6.18 Å². The molecule has 1 amide bonds. The van der Waals surface area contributed by atoms with Gasteiger partial charge in [-0.25, -0.2) is 0 Å². The molecule has 3 nitrogen and oxygen atoms in total. The van der Waals surface area contributed by atoms with Crippen LogP contribution in [-0.4, -0.2) is 35.5 Å². The summed E-state index contributed by atoms with van der Waals surface area (Å²) in [6.07, 6.45) is -2.22. The molecule has 3 fully saturated rings. The van der Waals surface area contributed by atoms with Gasteiger partial charge in [0.1, 0.15) is 0 Å². The van der Waals surface area contributed by atoms with Crippen LogP contribution in [0.3, 0.4) is 0 Å². The number of nitrogens with zero attached hydrogens (tertiary/aromatic N) is 1. The summed E-state index contributed by atoms with van der Waals surface area (Å²) < 4.78 is 39.3. The summed E-state index contributed by atoms with van der Waals surface area (Å²) in [5, 5.41) is 3.63. The molecule has 4 heterocycles. The Morgan fingerprint density at radius 3 is 2.54 bits per heavy atom. The Bertz CT molecular complexity index is 850. The van der Waals surface area contributed by atoms with Crippen molar-refractivity contribution in [1.29, 1.82) is 0 Å². The van der Waals surface area contributed by atoms with Crippen LogP contribution in [0.5, 0.6) is 0 Å². The molecule has 2 aromatic rings. The van der Waals surface area contributed by atoms with Crippen molar-refractivity contribution in [2.75, 3.05) is 13.1 Å². The Balaban J connectivity index is 1.58. The van der Waals surface area contributed by atoms with Crippen LogP contribution in [0, 0.1) is 5.92 Å². The molecule has 0 saturated carbocycles. The fraction of sp³-hybridized carbons (Fsp3) is 0.526. The maximum Gasteiger partial charge on any atom is 0.416 e. The highest BCUT2D eigenvalue weighted by Gasteiger charge is 2.48. The summed E-state index contributed by atoms with van der Waals surface area (Å²) in [5.41, 5.74) is -0.787. The first-order valence-electron chi connectivity index (χ1n) is 8.83. The minimum absolute atomic E-state index is 0.0634. The summed E-state index contributed by atoms with van der Waals surface area (Å²) in [6, 6.07) is 5.25. The number of nitrogens with one attached hydrogen (secondary N) is 1. The lowest BCUT2D eigenvalue weighted by Gasteiger charge is -2.56. The van der Waals surface area contributed by atoms with Gasteiger partial charge in [-0.3, -0.25) is 9.69 Å². The smallest absolute Gasteiger partial charge is 0.346 e. The fourth-order valence-corrected chi connectivity index (χ4v) is 5.37. The lowest BCUT2D eigenvalue weighted by Crippen LogP contribution is -2.69. The molecule has 3 aliphatic heterocycles. The van der Waals surface area contributed by atoms with Crippen molar-refractivity contribution in [3.63, 3.8) is 0 Å². The van der Waals surface area contributed by atoms with Gasteiger partial charge in [0, 0.05) is 16.3 Å². The molecule has 0 aliphatic carbocycles. The van der Waals surface area contributed by atoms with Gasteiger partial charge in [-0.1, -0.05) is 0 Å². The third kappa shape index (κ3) is 2.91. The molecule has 1 atom stereocenters. The number of carbonyl (C=O) groups is 1. The molecule has 0 radical (unpaired) electrons. The molecule has 5 rings (SSSR count). The molecule has 7 heteroatoms. The lowest BCUT2D eigenvalue weighted by molar-refractivity contribution is -0.137. The maximum absolute atomic E-state index is 12.9. The normalized spacial score (nSPS) is 27.7. The SMILES string of the molecule is CC1(C)[C@H](NC(=O)c2cc3cc(C(F)(F)F)ccc3s2)C2CCN1CC2. The van der Waals surface area contributed by atoms with Gasteiger partial charge in [0.2, 0.25) is 0 Å². The summed E-state index contributed by atoms with van der Waals surface area (Å²) in [7, 11) is 0. The maximum atomic E-state index is 12.9. The predicted octanol–water partition coefficient (Wildman–Crippen LogP) is 4.52. The van der Waals surface area contributed by atoms with Crippen LogP contribution in [0.4, 0.5) is 13.2 Å². The van der Waals surface area contributed by atoms with E-state index in [4.69, 9.17) is 0 Å². The number of benzene rings is 1. The number of alkyl halides is 3. The Labute approximate surface area is 154 Å². The average molecular weight is 382 g/mol. The first kappa shape index (κ1) is 17.8. The standard InChI is InChI=1S/C19H21F3N2OS/c1-18(2)16(11-5-7-24(18)8-6-11)23-17(25)15-10-12-9-13(19(20,21)22)3-4-14(12)26-15/h3-4,9-11,16H,5-8H2,1-2H3,(H,23,25)/t16-/m1/s1. The predicted molar refractivity (Wildman–Crippen MR) is 96.5 cm³/mol. The first-order valence-corrected chi connectivity index (χ1v) is 9.64. The van der Waals surface area contributed by atoms with Crippen molar-refractivity contribution in [1.82, 2.24) is 10.2 Å². The first-order chi connectivity index (χ1) is 12.2. The van der Waals surface area contributed by atoms with Gasteiger partial charge in [0.25, 0.3) is 5.91 Å². The zero-order valence-electron chi connectivity index (χ0n) is 14.7. The topological polar surface area (TPSA) is 32.3 Å². The number of hydrogen-bond acceptors (Lipinski definition) is 3. The molecular formula is C19H21F3N2OS. The Kier molecular flexibility index (Phi) is 4.08. The summed E-state index contributed by atoms with van der Waals surface area (Å²) in [5.74, 6) is 0.275. The molecule has 26 heavy (non-hydrogen) atoms. The van der Waals surface area contributed by atoms with Crippen LogP contribution in [-0.2, 0) is 6.18 Å².